The molecule has 28 heavy (non-hydrogen) atoms. The van der Waals surface area contributed by atoms with Gasteiger partial charge in [-0.15, -0.1) is 0 Å². The summed E-state index contributed by atoms with van der Waals surface area (Å²) in [5, 5.41) is 9.16. The van der Waals surface area contributed by atoms with Crippen LogP contribution in [0.3, 0.4) is 0 Å². The minimum Gasteiger partial charge on any atom is -0.350 e. The molecule has 7 heteroatoms. The molecule has 0 aliphatic rings. The highest BCUT2D eigenvalue weighted by molar-refractivity contribution is 7.80. The Balaban J connectivity index is 1.91. The monoisotopic (exact) mass is 415 g/mol. The third-order valence-corrected chi connectivity index (χ3v) is 4.36. The first-order valence-electron chi connectivity index (χ1n) is 8.84. The van der Waals surface area contributed by atoms with E-state index < -0.39 is 0 Å². The normalized spacial score (nSPS) is 11.7. The average molecular weight is 416 g/mol. The highest BCUT2D eigenvalue weighted by Gasteiger charge is 2.09. The molecule has 0 bridgehead atoms. The summed E-state index contributed by atoms with van der Waals surface area (Å²) in [5.41, 5.74) is 1.98. The Kier molecular flexibility index (Phi) is 8.17. The smallest absolute Gasteiger partial charge is 0.251 e. The number of hydrogen-bond acceptors (Lipinski definition) is 3. The molecule has 0 saturated heterocycles. The van der Waals surface area contributed by atoms with Crippen LogP contribution in [0.15, 0.2) is 54.6 Å². The Morgan fingerprint density at radius 2 is 1.89 bits per heavy atom. The van der Waals surface area contributed by atoms with Crippen LogP contribution in [0.5, 0.6) is 0 Å². The van der Waals surface area contributed by atoms with Gasteiger partial charge in [-0.05, 0) is 67.5 Å². The quantitative estimate of drug-likeness (QED) is 0.483. The molecular formula is C21H22ClN3O2S. The molecule has 5 nitrogen and oxygen atoms in total. The van der Waals surface area contributed by atoms with Gasteiger partial charge < -0.3 is 10.6 Å². The van der Waals surface area contributed by atoms with E-state index in [1.807, 2.05) is 13.8 Å². The summed E-state index contributed by atoms with van der Waals surface area (Å²) in [6, 6.07) is 14.1. The summed E-state index contributed by atoms with van der Waals surface area (Å²) in [7, 11) is 0. The molecule has 0 heterocycles. The molecule has 1 atom stereocenters. The molecule has 0 spiro atoms. The van der Waals surface area contributed by atoms with Gasteiger partial charge in [0.15, 0.2) is 5.11 Å². The van der Waals surface area contributed by atoms with Crippen molar-refractivity contribution in [2.75, 3.05) is 5.32 Å². The Morgan fingerprint density at radius 1 is 1.18 bits per heavy atom. The number of hydrogen-bond donors (Lipinski definition) is 3. The lowest BCUT2D eigenvalue weighted by Gasteiger charge is -2.13. The number of benzene rings is 2. The molecule has 2 amide bonds. The van der Waals surface area contributed by atoms with Gasteiger partial charge >= 0.3 is 0 Å². The van der Waals surface area contributed by atoms with Gasteiger partial charge in [0.05, 0.1) is 0 Å². The van der Waals surface area contributed by atoms with Crippen molar-refractivity contribution in [1.29, 1.82) is 0 Å². The predicted molar refractivity (Wildman–Crippen MR) is 119 cm³/mol. The van der Waals surface area contributed by atoms with Gasteiger partial charge in [-0.2, -0.15) is 0 Å². The molecule has 0 saturated carbocycles. The van der Waals surface area contributed by atoms with Gasteiger partial charge in [-0.25, -0.2) is 0 Å². The first-order valence-corrected chi connectivity index (χ1v) is 9.62. The molecule has 2 aromatic carbocycles. The number of nitrogens with one attached hydrogen (secondary N) is 3. The second-order valence-electron chi connectivity index (χ2n) is 6.19. The summed E-state index contributed by atoms with van der Waals surface area (Å²) >= 11 is 11.0. The number of carbonyl (C=O) groups is 2. The van der Waals surface area contributed by atoms with E-state index in [-0.39, 0.29) is 23.0 Å². The van der Waals surface area contributed by atoms with E-state index in [4.69, 9.17) is 23.8 Å². The number of carbonyl (C=O) groups excluding carboxylic acids is 2. The van der Waals surface area contributed by atoms with Crippen molar-refractivity contribution in [2.45, 2.75) is 26.3 Å². The molecule has 2 rings (SSSR count). The van der Waals surface area contributed by atoms with E-state index >= 15 is 0 Å². The maximum atomic E-state index is 12.2. The largest absolute Gasteiger partial charge is 0.350 e. The third-order valence-electron chi connectivity index (χ3n) is 3.91. The summed E-state index contributed by atoms with van der Waals surface area (Å²) in [6.07, 6.45) is 3.89. The van der Waals surface area contributed by atoms with E-state index in [9.17, 15) is 9.59 Å². The molecule has 0 aliphatic heterocycles. The van der Waals surface area contributed by atoms with E-state index in [2.05, 4.69) is 16.0 Å². The van der Waals surface area contributed by atoms with Gasteiger partial charge in [-0.1, -0.05) is 36.7 Å². The van der Waals surface area contributed by atoms with Crippen molar-refractivity contribution < 1.29 is 9.59 Å². The minimum atomic E-state index is -0.363. The van der Waals surface area contributed by atoms with Gasteiger partial charge in [0.25, 0.3) is 5.91 Å². The number of amides is 2. The van der Waals surface area contributed by atoms with Crippen molar-refractivity contribution in [3.63, 3.8) is 0 Å². The van der Waals surface area contributed by atoms with Crippen molar-refractivity contribution in [1.82, 2.24) is 10.6 Å². The maximum absolute atomic E-state index is 12.2. The first-order chi connectivity index (χ1) is 13.4. The zero-order valence-electron chi connectivity index (χ0n) is 15.7. The van der Waals surface area contributed by atoms with E-state index in [0.29, 0.717) is 16.3 Å². The van der Waals surface area contributed by atoms with Gasteiger partial charge in [-0.3, -0.25) is 14.9 Å². The Hall–Kier alpha value is -2.70. The predicted octanol–water partition coefficient (Wildman–Crippen LogP) is 4.39. The fourth-order valence-electron chi connectivity index (χ4n) is 2.21. The van der Waals surface area contributed by atoms with Crippen LogP contribution in [-0.4, -0.2) is 23.0 Å². The van der Waals surface area contributed by atoms with E-state index in [0.717, 1.165) is 12.0 Å². The number of thiocarbonyl (C=S) groups is 1. The standard InChI is InChI=1S/C21H22ClN3O2S/c1-3-14(2)23-20(27)16-5-4-6-18(13-16)24-21(28)25-19(26)12-9-15-7-10-17(22)11-8-15/h4-14H,3H2,1-2H3,(H,23,27)(H2,24,25,26,28)/b12-9+. The molecule has 146 valence electrons. The van der Waals surface area contributed by atoms with Crippen LogP contribution >= 0.6 is 23.8 Å². The summed E-state index contributed by atoms with van der Waals surface area (Å²) in [6.45, 7) is 3.95. The van der Waals surface area contributed by atoms with Crippen LogP contribution in [0, 0.1) is 0 Å². The molecule has 0 fully saturated rings. The molecule has 3 N–H and O–H groups in total. The fourth-order valence-corrected chi connectivity index (χ4v) is 2.55. The fraction of sp³-hybridized carbons (Fsp3) is 0.190. The van der Waals surface area contributed by atoms with Gasteiger partial charge in [0.1, 0.15) is 0 Å². The second-order valence-corrected chi connectivity index (χ2v) is 7.04. The lowest BCUT2D eigenvalue weighted by Crippen LogP contribution is -2.33. The molecular weight excluding hydrogens is 394 g/mol. The van der Waals surface area contributed by atoms with Crippen molar-refractivity contribution in [2.24, 2.45) is 0 Å². The zero-order chi connectivity index (χ0) is 20.5. The van der Waals surface area contributed by atoms with Crippen LogP contribution in [0.25, 0.3) is 6.08 Å². The Bertz CT molecular complexity index is 881. The van der Waals surface area contributed by atoms with Gasteiger partial charge in [0.2, 0.25) is 5.91 Å². The molecule has 2 aromatic rings. The molecule has 0 aromatic heterocycles. The topological polar surface area (TPSA) is 70.2 Å². The van der Waals surface area contributed by atoms with Crippen molar-refractivity contribution in [3.05, 3.63) is 70.8 Å². The van der Waals surface area contributed by atoms with Crippen LogP contribution in [0.2, 0.25) is 5.02 Å². The zero-order valence-corrected chi connectivity index (χ0v) is 17.2. The van der Waals surface area contributed by atoms with Crippen LogP contribution in [0.1, 0.15) is 36.2 Å². The van der Waals surface area contributed by atoms with E-state index in [1.54, 1.807) is 54.6 Å². The molecule has 1 unspecified atom stereocenters. The van der Waals surface area contributed by atoms with Gasteiger partial charge in [0, 0.05) is 28.4 Å². The lowest BCUT2D eigenvalue weighted by molar-refractivity contribution is -0.115. The number of halogens is 1. The van der Waals surface area contributed by atoms with Crippen LogP contribution in [-0.2, 0) is 4.79 Å². The van der Waals surface area contributed by atoms with E-state index in [1.165, 1.54) is 6.08 Å². The third kappa shape index (κ3) is 7.13. The summed E-state index contributed by atoms with van der Waals surface area (Å²) in [4.78, 5) is 24.2. The van der Waals surface area contributed by atoms with Crippen molar-refractivity contribution in [3.8, 4) is 0 Å². The highest BCUT2D eigenvalue weighted by Crippen LogP contribution is 2.12. The number of anilines is 1. The second kappa shape index (κ2) is 10.6. The van der Waals surface area contributed by atoms with Crippen LogP contribution < -0.4 is 16.0 Å². The van der Waals surface area contributed by atoms with Crippen LogP contribution in [0.4, 0.5) is 5.69 Å². The summed E-state index contributed by atoms with van der Waals surface area (Å²) < 4.78 is 0. The number of rotatable bonds is 6. The molecule has 0 aliphatic carbocycles. The Morgan fingerprint density at radius 3 is 2.57 bits per heavy atom. The average Bonchev–Trinajstić information content (AvgIpc) is 2.67. The highest BCUT2D eigenvalue weighted by atomic mass is 35.5. The molecule has 0 radical (unpaired) electrons. The lowest BCUT2D eigenvalue weighted by atomic mass is 10.1. The summed E-state index contributed by atoms with van der Waals surface area (Å²) in [5.74, 6) is -0.517. The SMILES string of the molecule is CCC(C)NC(=O)c1cccc(NC(=S)NC(=O)/C=C/c2ccc(Cl)cc2)c1. The first kappa shape index (κ1) is 21.6. The maximum Gasteiger partial charge on any atom is 0.251 e. The minimum absolute atomic E-state index is 0.0944. The Labute approximate surface area is 175 Å². The van der Waals surface area contributed by atoms with Crippen molar-refractivity contribution >= 4 is 52.5 Å².